The second-order valence-electron chi connectivity index (χ2n) is 4.74. The van der Waals surface area contributed by atoms with Crippen LogP contribution in [0.15, 0.2) is 18.3 Å². The van der Waals surface area contributed by atoms with Crippen molar-refractivity contribution in [2.75, 3.05) is 6.54 Å². The Kier molecular flexibility index (Phi) is 4.22. The summed E-state index contributed by atoms with van der Waals surface area (Å²) in [4.78, 5) is 15.7. The maximum absolute atomic E-state index is 11.8. The molecule has 0 fully saturated rings. The van der Waals surface area contributed by atoms with Gasteiger partial charge in [0.15, 0.2) is 0 Å². The van der Waals surface area contributed by atoms with E-state index in [-0.39, 0.29) is 17.0 Å². The predicted molar refractivity (Wildman–Crippen MR) is 65.4 cm³/mol. The summed E-state index contributed by atoms with van der Waals surface area (Å²) in [6, 6.07) is 5.02. The van der Waals surface area contributed by atoms with Crippen molar-refractivity contribution >= 4 is 5.91 Å². The lowest BCUT2D eigenvalue weighted by Gasteiger charge is -2.22. The first-order valence-corrected chi connectivity index (χ1v) is 5.63. The summed E-state index contributed by atoms with van der Waals surface area (Å²) < 4.78 is 0. The van der Waals surface area contributed by atoms with Crippen molar-refractivity contribution < 1.29 is 4.79 Å². The Morgan fingerprint density at radius 2 is 2.29 bits per heavy atom. The summed E-state index contributed by atoms with van der Waals surface area (Å²) in [5, 5.41) is 11.6. The van der Waals surface area contributed by atoms with Crippen LogP contribution in [0, 0.1) is 16.7 Å². The SMILES string of the molecule is CCC(C)(C)CNC(=O)c1ccnc(C#N)c1. The Morgan fingerprint density at radius 1 is 1.59 bits per heavy atom. The van der Waals surface area contributed by atoms with Gasteiger partial charge < -0.3 is 5.32 Å². The van der Waals surface area contributed by atoms with Gasteiger partial charge in [0.2, 0.25) is 0 Å². The first-order chi connectivity index (χ1) is 7.98. The second kappa shape index (κ2) is 5.44. The van der Waals surface area contributed by atoms with Gasteiger partial charge in [0.1, 0.15) is 11.8 Å². The average Bonchev–Trinajstić information content (AvgIpc) is 2.36. The summed E-state index contributed by atoms with van der Waals surface area (Å²) >= 11 is 0. The summed E-state index contributed by atoms with van der Waals surface area (Å²) in [5.41, 5.74) is 0.816. The molecule has 17 heavy (non-hydrogen) atoms. The number of pyridine rings is 1. The zero-order valence-corrected chi connectivity index (χ0v) is 10.4. The fourth-order valence-electron chi connectivity index (χ4n) is 1.18. The lowest BCUT2D eigenvalue weighted by molar-refractivity contribution is 0.0935. The smallest absolute Gasteiger partial charge is 0.251 e. The topological polar surface area (TPSA) is 65.8 Å². The summed E-state index contributed by atoms with van der Waals surface area (Å²) in [6.45, 7) is 6.90. The van der Waals surface area contributed by atoms with E-state index in [0.717, 1.165) is 6.42 Å². The number of nitrogens with one attached hydrogen (secondary N) is 1. The van der Waals surface area contributed by atoms with Crippen LogP contribution in [0.3, 0.4) is 0 Å². The Balaban J connectivity index is 2.68. The molecular formula is C13H17N3O. The summed E-state index contributed by atoms with van der Waals surface area (Å²) in [7, 11) is 0. The predicted octanol–water partition coefficient (Wildman–Crippen LogP) is 2.12. The molecule has 90 valence electrons. The van der Waals surface area contributed by atoms with Crippen molar-refractivity contribution in [3.63, 3.8) is 0 Å². The van der Waals surface area contributed by atoms with E-state index in [4.69, 9.17) is 5.26 Å². The quantitative estimate of drug-likeness (QED) is 0.863. The van der Waals surface area contributed by atoms with Gasteiger partial charge in [0.25, 0.3) is 5.91 Å². The van der Waals surface area contributed by atoms with Crippen LogP contribution in [0.5, 0.6) is 0 Å². The third kappa shape index (κ3) is 3.87. The molecule has 4 nitrogen and oxygen atoms in total. The van der Waals surface area contributed by atoms with Crippen LogP contribution in [0.1, 0.15) is 43.2 Å². The maximum atomic E-state index is 11.8. The van der Waals surface area contributed by atoms with Gasteiger partial charge in [-0.2, -0.15) is 5.26 Å². The molecule has 1 rings (SSSR count). The van der Waals surface area contributed by atoms with E-state index in [2.05, 4.69) is 31.1 Å². The Morgan fingerprint density at radius 3 is 2.88 bits per heavy atom. The minimum absolute atomic E-state index is 0.0841. The molecule has 0 aromatic carbocycles. The highest BCUT2D eigenvalue weighted by Gasteiger charge is 2.16. The molecule has 0 saturated heterocycles. The van der Waals surface area contributed by atoms with Gasteiger partial charge >= 0.3 is 0 Å². The van der Waals surface area contributed by atoms with Crippen molar-refractivity contribution in [2.45, 2.75) is 27.2 Å². The molecule has 0 aliphatic carbocycles. The molecule has 0 aliphatic rings. The van der Waals surface area contributed by atoms with Gasteiger partial charge in [-0.15, -0.1) is 0 Å². The van der Waals surface area contributed by atoms with Crippen LogP contribution < -0.4 is 5.32 Å². The van der Waals surface area contributed by atoms with E-state index in [9.17, 15) is 4.79 Å². The average molecular weight is 231 g/mol. The van der Waals surface area contributed by atoms with E-state index in [1.54, 1.807) is 6.07 Å². The van der Waals surface area contributed by atoms with Crippen molar-refractivity contribution in [1.82, 2.24) is 10.3 Å². The standard InChI is InChI=1S/C13H17N3O/c1-4-13(2,3)9-16-12(17)10-5-6-15-11(7-10)8-14/h5-7H,4,9H2,1-3H3,(H,16,17). The Labute approximate surface area is 102 Å². The van der Waals surface area contributed by atoms with Crippen LogP contribution in [-0.4, -0.2) is 17.4 Å². The fraction of sp³-hybridized carbons (Fsp3) is 0.462. The molecule has 0 radical (unpaired) electrons. The van der Waals surface area contributed by atoms with E-state index in [1.165, 1.54) is 12.3 Å². The lowest BCUT2D eigenvalue weighted by atomic mass is 9.90. The Bertz CT molecular complexity index is 446. The van der Waals surface area contributed by atoms with Crippen LogP contribution in [0.2, 0.25) is 0 Å². The fourth-order valence-corrected chi connectivity index (χ4v) is 1.18. The van der Waals surface area contributed by atoms with Crippen molar-refractivity contribution in [1.29, 1.82) is 5.26 Å². The minimum Gasteiger partial charge on any atom is -0.352 e. The van der Waals surface area contributed by atoms with Gasteiger partial charge in [-0.1, -0.05) is 20.8 Å². The molecule has 4 heteroatoms. The van der Waals surface area contributed by atoms with Crippen molar-refractivity contribution in [3.05, 3.63) is 29.6 Å². The van der Waals surface area contributed by atoms with E-state index in [1.807, 2.05) is 6.07 Å². The molecule has 1 amide bonds. The van der Waals surface area contributed by atoms with Crippen LogP contribution in [-0.2, 0) is 0 Å². The number of nitrogens with zero attached hydrogens (tertiary/aromatic N) is 2. The van der Waals surface area contributed by atoms with E-state index < -0.39 is 0 Å². The number of carbonyl (C=O) groups is 1. The molecule has 0 atom stereocenters. The number of amides is 1. The molecule has 1 N–H and O–H groups in total. The number of rotatable bonds is 4. The van der Waals surface area contributed by atoms with Gasteiger partial charge in [-0.25, -0.2) is 4.98 Å². The number of hydrogen-bond donors (Lipinski definition) is 1. The molecule has 1 aromatic heterocycles. The molecule has 1 aromatic rings. The molecule has 0 saturated carbocycles. The third-order valence-corrected chi connectivity index (χ3v) is 2.82. The first-order valence-electron chi connectivity index (χ1n) is 5.63. The normalized spacial score (nSPS) is 10.7. The molecule has 0 spiro atoms. The van der Waals surface area contributed by atoms with Crippen LogP contribution >= 0.6 is 0 Å². The highest BCUT2D eigenvalue weighted by atomic mass is 16.1. The number of carbonyl (C=O) groups excluding carboxylic acids is 1. The van der Waals surface area contributed by atoms with Crippen LogP contribution in [0.25, 0.3) is 0 Å². The van der Waals surface area contributed by atoms with Gasteiger partial charge in [0, 0.05) is 18.3 Å². The number of nitriles is 1. The van der Waals surface area contributed by atoms with Crippen LogP contribution in [0.4, 0.5) is 0 Å². The molecular weight excluding hydrogens is 214 g/mol. The van der Waals surface area contributed by atoms with Gasteiger partial charge in [-0.3, -0.25) is 4.79 Å². The molecule has 0 bridgehead atoms. The molecule has 0 aliphatic heterocycles. The zero-order chi connectivity index (χ0) is 12.9. The van der Waals surface area contributed by atoms with Crippen molar-refractivity contribution in [3.8, 4) is 6.07 Å². The molecule has 0 unspecified atom stereocenters. The van der Waals surface area contributed by atoms with Gasteiger partial charge in [-0.05, 0) is 24.0 Å². The maximum Gasteiger partial charge on any atom is 0.251 e. The molecule has 1 heterocycles. The summed E-state index contributed by atoms with van der Waals surface area (Å²) in [6.07, 6.45) is 2.46. The highest BCUT2D eigenvalue weighted by molar-refractivity contribution is 5.94. The van der Waals surface area contributed by atoms with E-state index >= 15 is 0 Å². The number of aromatic nitrogens is 1. The Hall–Kier alpha value is -1.89. The first kappa shape index (κ1) is 13.2. The van der Waals surface area contributed by atoms with E-state index in [0.29, 0.717) is 12.1 Å². The minimum atomic E-state index is -0.162. The highest BCUT2D eigenvalue weighted by Crippen LogP contribution is 2.17. The number of hydrogen-bond acceptors (Lipinski definition) is 3. The van der Waals surface area contributed by atoms with Gasteiger partial charge in [0.05, 0.1) is 0 Å². The lowest BCUT2D eigenvalue weighted by Crippen LogP contribution is -2.33. The third-order valence-electron chi connectivity index (χ3n) is 2.82. The monoisotopic (exact) mass is 231 g/mol. The van der Waals surface area contributed by atoms with Crippen molar-refractivity contribution in [2.24, 2.45) is 5.41 Å². The largest absolute Gasteiger partial charge is 0.352 e. The second-order valence-corrected chi connectivity index (χ2v) is 4.74. The zero-order valence-electron chi connectivity index (χ0n) is 10.4. The summed E-state index contributed by atoms with van der Waals surface area (Å²) in [5.74, 6) is -0.162.